The highest BCUT2D eigenvalue weighted by molar-refractivity contribution is 7.99. The van der Waals surface area contributed by atoms with E-state index in [-0.39, 0.29) is 0 Å². The van der Waals surface area contributed by atoms with Gasteiger partial charge < -0.3 is 10.4 Å². The SMILES string of the molecule is CCSCCC(C)Nc1nc2c(s1)CCC2C(=O)O. The quantitative estimate of drug-likeness (QED) is 0.757. The van der Waals surface area contributed by atoms with Gasteiger partial charge in [0.15, 0.2) is 5.13 Å². The van der Waals surface area contributed by atoms with Crippen molar-refractivity contribution < 1.29 is 9.90 Å². The molecule has 2 rings (SSSR count). The second-order valence-corrected chi connectivity index (χ2v) is 7.27. The van der Waals surface area contributed by atoms with E-state index in [1.54, 1.807) is 11.3 Å². The topological polar surface area (TPSA) is 62.2 Å². The number of thioether (sulfide) groups is 1. The molecular weight excluding hydrogens is 280 g/mol. The summed E-state index contributed by atoms with van der Waals surface area (Å²) in [7, 11) is 0. The van der Waals surface area contributed by atoms with Crippen molar-refractivity contribution >= 4 is 34.2 Å². The van der Waals surface area contributed by atoms with Crippen LogP contribution in [0.5, 0.6) is 0 Å². The molecule has 2 atom stereocenters. The van der Waals surface area contributed by atoms with E-state index in [0.29, 0.717) is 12.5 Å². The van der Waals surface area contributed by atoms with E-state index < -0.39 is 11.9 Å². The number of carbonyl (C=O) groups is 1. The third-order valence-electron chi connectivity index (χ3n) is 3.28. The van der Waals surface area contributed by atoms with Crippen LogP contribution in [0.2, 0.25) is 0 Å². The first-order valence-corrected chi connectivity index (χ1v) is 8.65. The molecule has 0 saturated carbocycles. The number of aromatic nitrogens is 1. The van der Waals surface area contributed by atoms with Gasteiger partial charge in [-0.25, -0.2) is 4.98 Å². The molecule has 6 heteroatoms. The maximum Gasteiger partial charge on any atom is 0.312 e. The van der Waals surface area contributed by atoms with Gasteiger partial charge in [-0.3, -0.25) is 4.79 Å². The number of aryl methyl sites for hydroxylation is 1. The van der Waals surface area contributed by atoms with E-state index in [1.807, 2.05) is 11.8 Å². The number of carboxylic acids is 1. The summed E-state index contributed by atoms with van der Waals surface area (Å²) >= 11 is 3.56. The predicted octanol–water partition coefficient (Wildman–Crippen LogP) is 3.20. The number of rotatable bonds is 7. The normalized spacial score (nSPS) is 19.2. The molecule has 0 bridgehead atoms. The summed E-state index contributed by atoms with van der Waals surface area (Å²) in [6.45, 7) is 4.32. The van der Waals surface area contributed by atoms with Gasteiger partial charge in [0, 0.05) is 10.9 Å². The van der Waals surface area contributed by atoms with Crippen LogP contribution >= 0.6 is 23.1 Å². The lowest BCUT2D eigenvalue weighted by Gasteiger charge is -2.12. The molecule has 1 aromatic rings. The first kappa shape index (κ1) is 14.7. The lowest BCUT2D eigenvalue weighted by Crippen LogP contribution is -2.16. The number of fused-ring (bicyclic) bond motifs is 1. The van der Waals surface area contributed by atoms with E-state index >= 15 is 0 Å². The van der Waals surface area contributed by atoms with Gasteiger partial charge in [-0.05, 0) is 37.7 Å². The van der Waals surface area contributed by atoms with Crippen LogP contribution in [0.1, 0.15) is 43.2 Å². The molecule has 4 nitrogen and oxygen atoms in total. The summed E-state index contributed by atoms with van der Waals surface area (Å²) in [5.41, 5.74) is 0.787. The van der Waals surface area contributed by atoms with E-state index in [4.69, 9.17) is 5.11 Å². The fourth-order valence-electron chi connectivity index (χ4n) is 2.22. The summed E-state index contributed by atoms with van der Waals surface area (Å²) < 4.78 is 0. The van der Waals surface area contributed by atoms with Crippen molar-refractivity contribution in [2.75, 3.05) is 16.8 Å². The second kappa shape index (κ2) is 6.61. The highest BCUT2D eigenvalue weighted by atomic mass is 32.2. The van der Waals surface area contributed by atoms with Crippen molar-refractivity contribution in [1.29, 1.82) is 0 Å². The van der Waals surface area contributed by atoms with Crippen molar-refractivity contribution in [2.45, 2.75) is 45.1 Å². The average molecular weight is 300 g/mol. The molecule has 2 N–H and O–H groups in total. The Balaban J connectivity index is 1.93. The van der Waals surface area contributed by atoms with Crippen molar-refractivity contribution in [2.24, 2.45) is 0 Å². The number of hydrogen-bond acceptors (Lipinski definition) is 5. The van der Waals surface area contributed by atoms with Crippen molar-refractivity contribution in [3.05, 3.63) is 10.6 Å². The third-order valence-corrected chi connectivity index (χ3v) is 5.28. The summed E-state index contributed by atoms with van der Waals surface area (Å²) in [4.78, 5) is 16.7. The molecule has 0 radical (unpaired) electrons. The fraction of sp³-hybridized carbons (Fsp3) is 0.692. The van der Waals surface area contributed by atoms with Crippen molar-refractivity contribution in [1.82, 2.24) is 4.98 Å². The number of nitrogens with zero attached hydrogens (tertiary/aromatic N) is 1. The van der Waals surface area contributed by atoms with E-state index in [1.165, 1.54) is 0 Å². The Kier molecular flexibility index (Phi) is 5.10. The Morgan fingerprint density at radius 3 is 3.16 bits per heavy atom. The Morgan fingerprint density at radius 1 is 1.68 bits per heavy atom. The summed E-state index contributed by atoms with van der Waals surface area (Å²) in [6.07, 6.45) is 2.66. The summed E-state index contributed by atoms with van der Waals surface area (Å²) in [5.74, 6) is 1.15. The van der Waals surface area contributed by atoms with Crippen LogP contribution in [0.15, 0.2) is 0 Å². The maximum absolute atomic E-state index is 11.1. The molecule has 1 aliphatic rings. The van der Waals surface area contributed by atoms with E-state index in [9.17, 15) is 4.79 Å². The number of aliphatic carboxylic acids is 1. The Morgan fingerprint density at radius 2 is 2.47 bits per heavy atom. The van der Waals surface area contributed by atoms with Gasteiger partial charge in [0.25, 0.3) is 0 Å². The van der Waals surface area contributed by atoms with Crippen LogP contribution in [0, 0.1) is 0 Å². The summed E-state index contributed by atoms with van der Waals surface area (Å²) in [6, 6.07) is 0.383. The molecule has 0 aromatic carbocycles. The minimum absolute atomic E-state index is 0.383. The number of anilines is 1. The van der Waals surface area contributed by atoms with Gasteiger partial charge in [-0.15, -0.1) is 11.3 Å². The number of carboxylic acid groups (broad SMARTS) is 1. The van der Waals surface area contributed by atoms with Gasteiger partial charge >= 0.3 is 5.97 Å². The van der Waals surface area contributed by atoms with Crippen LogP contribution in [0.25, 0.3) is 0 Å². The van der Waals surface area contributed by atoms with E-state index in [2.05, 4.69) is 24.1 Å². The monoisotopic (exact) mass is 300 g/mol. The molecule has 2 unspecified atom stereocenters. The van der Waals surface area contributed by atoms with Crippen LogP contribution < -0.4 is 5.32 Å². The molecule has 1 aromatic heterocycles. The molecule has 0 saturated heterocycles. The molecular formula is C13H20N2O2S2. The van der Waals surface area contributed by atoms with E-state index in [0.717, 1.165) is 40.0 Å². The smallest absolute Gasteiger partial charge is 0.312 e. The van der Waals surface area contributed by atoms with Gasteiger partial charge in [-0.1, -0.05) is 6.92 Å². The largest absolute Gasteiger partial charge is 0.481 e. The third kappa shape index (κ3) is 3.63. The molecule has 0 fully saturated rings. The zero-order chi connectivity index (χ0) is 13.8. The molecule has 0 amide bonds. The number of hydrogen-bond donors (Lipinski definition) is 2. The first-order chi connectivity index (χ1) is 9.11. The zero-order valence-electron chi connectivity index (χ0n) is 11.3. The minimum Gasteiger partial charge on any atom is -0.481 e. The minimum atomic E-state index is -0.747. The molecule has 19 heavy (non-hydrogen) atoms. The standard InChI is InChI=1S/C13H20N2O2S2/c1-3-18-7-6-8(2)14-13-15-11-9(12(16)17)4-5-10(11)19-13/h8-9H,3-7H2,1-2H3,(H,14,15)(H,16,17). The molecule has 1 heterocycles. The summed E-state index contributed by atoms with van der Waals surface area (Å²) in [5, 5.41) is 13.4. The maximum atomic E-state index is 11.1. The first-order valence-electron chi connectivity index (χ1n) is 6.68. The van der Waals surface area contributed by atoms with Crippen LogP contribution in [0.4, 0.5) is 5.13 Å². The predicted molar refractivity (Wildman–Crippen MR) is 81.5 cm³/mol. The Labute approximate surface area is 122 Å². The van der Waals surface area contributed by atoms with Gasteiger partial charge in [0.05, 0.1) is 5.69 Å². The van der Waals surface area contributed by atoms with Crippen molar-refractivity contribution in [3.63, 3.8) is 0 Å². The number of nitrogens with one attached hydrogen (secondary N) is 1. The fourth-order valence-corrected chi connectivity index (χ4v) is 4.18. The molecule has 106 valence electrons. The molecule has 1 aliphatic carbocycles. The molecule has 0 spiro atoms. The van der Waals surface area contributed by atoms with Crippen LogP contribution in [-0.4, -0.2) is 33.6 Å². The zero-order valence-corrected chi connectivity index (χ0v) is 12.9. The van der Waals surface area contributed by atoms with Gasteiger partial charge in [0.2, 0.25) is 0 Å². The van der Waals surface area contributed by atoms with Crippen molar-refractivity contribution in [3.8, 4) is 0 Å². The highest BCUT2D eigenvalue weighted by Gasteiger charge is 2.32. The molecule has 0 aliphatic heterocycles. The lowest BCUT2D eigenvalue weighted by atomic mass is 10.1. The highest BCUT2D eigenvalue weighted by Crippen LogP contribution is 2.38. The number of thiazole rings is 1. The van der Waals surface area contributed by atoms with Gasteiger partial charge in [-0.2, -0.15) is 11.8 Å². The Bertz CT molecular complexity index is 448. The van der Waals surface area contributed by atoms with Crippen LogP contribution in [0.3, 0.4) is 0 Å². The van der Waals surface area contributed by atoms with Crippen LogP contribution in [-0.2, 0) is 11.2 Å². The Hall–Kier alpha value is -0.750. The van der Waals surface area contributed by atoms with Gasteiger partial charge in [0.1, 0.15) is 5.92 Å². The lowest BCUT2D eigenvalue weighted by molar-refractivity contribution is -0.138. The second-order valence-electron chi connectivity index (χ2n) is 4.79. The average Bonchev–Trinajstić information content (AvgIpc) is 2.88.